The number of phosphoric ester groups is 1. The Labute approximate surface area is 235 Å². The van der Waals surface area contributed by atoms with Gasteiger partial charge in [0.25, 0.3) is 0 Å². The summed E-state index contributed by atoms with van der Waals surface area (Å²) in [6.45, 7) is 3.29. The Morgan fingerprint density at radius 3 is 2.38 bits per heavy atom. The van der Waals surface area contributed by atoms with Crippen molar-refractivity contribution in [3.63, 3.8) is 0 Å². The third-order valence-corrected chi connectivity index (χ3v) is 7.26. The number of hydrogen-bond acceptors (Lipinski definition) is 8. The lowest BCUT2D eigenvalue weighted by Gasteiger charge is -2.24. The van der Waals surface area contributed by atoms with Crippen LogP contribution in [0.4, 0.5) is 0 Å². The van der Waals surface area contributed by atoms with E-state index in [1.54, 1.807) is 0 Å². The van der Waals surface area contributed by atoms with Gasteiger partial charge >= 0.3 is 19.8 Å². The lowest BCUT2D eigenvalue weighted by molar-refractivity contribution is -0.870. The predicted molar refractivity (Wildman–Crippen MR) is 150 cm³/mol. The highest BCUT2D eigenvalue weighted by Gasteiger charge is 2.36. The van der Waals surface area contributed by atoms with Gasteiger partial charge in [0.2, 0.25) is 0 Å². The van der Waals surface area contributed by atoms with Crippen molar-refractivity contribution >= 4 is 19.8 Å². The Hall–Kier alpha value is -1.29. The zero-order valence-electron chi connectivity index (χ0n) is 24.8. The molecular weight excluding hydrogens is 525 g/mol. The molecule has 0 aliphatic carbocycles. The summed E-state index contributed by atoms with van der Waals surface area (Å²) >= 11 is 0. The summed E-state index contributed by atoms with van der Waals surface area (Å²) in [4.78, 5) is 33.3. The minimum absolute atomic E-state index is 0.0243. The highest BCUT2D eigenvalue weighted by atomic mass is 31.2. The second kappa shape index (κ2) is 19.7. The topological polar surface area (TPSA) is 121 Å². The summed E-state index contributed by atoms with van der Waals surface area (Å²) < 4.78 is 38.6. The quantitative estimate of drug-likeness (QED) is 0.0405. The normalized spacial score (nSPS) is 19.5. The Balaban J connectivity index is 2.17. The van der Waals surface area contributed by atoms with Crippen LogP contribution in [0.15, 0.2) is 12.2 Å². The number of likely N-dealkylation sites (N-methyl/N-ethyl adjacent to an activating group) is 1. The van der Waals surface area contributed by atoms with Crippen LogP contribution in [0.2, 0.25) is 0 Å². The molecule has 1 rings (SSSR count). The number of carbonyl (C=O) groups is 2. The fourth-order valence-corrected chi connectivity index (χ4v) is 4.60. The standard InChI is InChI=1S/C28H52NO9P/c1-6-7-8-9-11-14-17-26-27(38-26)18-15-12-10-13-16-19-28(31)37-25(22-34-24(2)30)23-36-39(32,33)35-21-20-29(3,4)5/h11,14,25-27H,6-10,12-13,15-23H2,1-5H3/p+1/b14-11-/t25-,26?,27?/m1/s1. The number of phosphoric acid groups is 1. The van der Waals surface area contributed by atoms with Crippen molar-refractivity contribution in [1.29, 1.82) is 0 Å². The molecule has 0 aromatic heterocycles. The molecule has 10 nitrogen and oxygen atoms in total. The van der Waals surface area contributed by atoms with Gasteiger partial charge in [-0.1, -0.05) is 57.6 Å². The van der Waals surface area contributed by atoms with Gasteiger partial charge in [0.05, 0.1) is 40.0 Å². The van der Waals surface area contributed by atoms with E-state index in [4.69, 9.17) is 23.3 Å². The first kappa shape index (κ1) is 35.7. The van der Waals surface area contributed by atoms with E-state index in [1.165, 1.54) is 26.2 Å². The summed E-state index contributed by atoms with van der Waals surface area (Å²) in [7, 11) is 1.44. The van der Waals surface area contributed by atoms with Crippen molar-refractivity contribution in [2.75, 3.05) is 47.5 Å². The summed E-state index contributed by atoms with van der Waals surface area (Å²) in [6, 6.07) is 0. The number of allylic oxidation sites excluding steroid dienone is 1. The predicted octanol–water partition coefficient (Wildman–Crippen LogP) is 5.33. The molecule has 0 aromatic rings. The maximum absolute atomic E-state index is 12.3. The van der Waals surface area contributed by atoms with E-state index in [0.717, 1.165) is 44.9 Å². The molecule has 11 heteroatoms. The van der Waals surface area contributed by atoms with Gasteiger partial charge in [0.15, 0.2) is 6.10 Å². The molecule has 0 saturated carbocycles. The van der Waals surface area contributed by atoms with Gasteiger partial charge in [-0.05, 0) is 32.1 Å². The number of epoxide rings is 1. The molecule has 0 radical (unpaired) electrons. The molecular formula is C28H53NO9P+. The number of hydrogen-bond donors (Lipinski definition) is 1. The van der Waals surface area contributed by atoms with E-state index in [9.17, 15) is 19.0 Å². The summed E-state index contributed by atoms with van der Waals surface area (Å²) in [6.07, 6.45) is 16.4. The van der Waals surface area contributed by atoms with Gasteiger partial charge in [0, 0.05) is 13.3 Å². The van der Waals surface area contributed by atoms with Gasteiger partial charge < -0.3 is 23.6 Å². The van der Waals surface area contributed by atoms with Crippen molar-refractivity contribution in [2.24, 2.45) is 0 Å². The van der Waals surface area contributed by atoms with Crippen LogP contribution in [0, 0.1) is 0 Å². The van der Waals surface area contributed by atoms with E-state index < -0.39 is 32.5 Å². The largest absolute Gasteiger partial charge is 0.472 e. The van der Waals surface area contributed by atoms with Crippen molar-refractivity contribution in [3.8, 4) is 0 Å². The van der Waals surface area contributed by atoms with Crippen LogP contribution < -0.4 is 0 Å². The van der Waals surface area contributed by atoms with Crippen LogP contribution in [0.25, 0.3) is 0 Å². The molecule has 4 atom stereocenters. The first-order valence-corrected chi connectivity index (χ1v) is 16.0. The van der Waals surface area contributed by atoms with E-state index in [-0.39, 0.29) is 19.6 Å². The number of esters is 2. The number of unbranched alkanes of at least 4 members (excludes halogenated alkanes) is 7. The molecule has 39 heavy (non-hydrogen) atoms. The van der Waals surface area contributed by atoms with E-state index in [2.05, 4.69) is 19.1 Å². The highest BCUT2D eigenvalue weighted by molar-refractivity contribution is 7.47. The molecule has 3 unspecified atom stereocenters. The lowest BCUT2D eigenvalue weighted by atomic mass is 10.1. The fraction of sp³-hybridized carbons (Fsp3) is 0.857. The SMILES string of the molecule is CCCCC/C=C\CC1OC1CCCCCCCC(=O)O[C@H](COC(C)=O)COP(=O)(O)OCC[N+](C)(C)C. The molecule has 1 fully saturated rings. The maximum Gasteiger partial charge on any atom is 0.472 e. The average molecular weight is 579 g/mol. The smallest absolute Gasteiger partial charge is 0.462 e. The molecule has 0 amide bonds. The van der Waals surface area contributed by atoms with E-state index >= 15 is 0 Å². The average Bonchev–Trinajstić information content (AvgIpc) is 3.59. The van der Waals surface area contributed by atoms with Crippen LogP contribution in [0.3, 0.4) is 0 Å². The second-order valence-electron chi connectivity index (χ2n) is 11.2. The number of rotatable bonds is 24. The molecule has 1 aliphatic rings. The van der Waals surface area contributed by atoms with Gasteiger partial charge in [-0.2, -0.15) is 0 Å². The molecule has 1 N–H and O–H groups in total. The highest BCUT2D eigenvalue weighted by Crippen LogP contribution is 2.43. The number of carbonyl (C=O) groups excluding carboxylic acids is 2. The molecule has 1 saturated heterocycles. The van der Waals surface area contributed by atoms with Crippen LogP contribution in [-0.2, 0) is 37.4 Å². The number of nitrogens with zero attached hydrogens (tertiary/aromatic N) is 1. The van der Waals surface area contributed by atoms with Crippen molar-refractivity contribution < 1.29 is 46.8 Å². The summed E-state index contributed by atoms with van der Waals surface area (Å²) in [5.41, 5.74) is 0. The molecule has 228 valence electrons. The minimum atomic E-state index is -4.33. The molecule has 0 spiro atoms. The summed E-state index contributed by atoms with van der Waals surface area (Å²) in [5.74, 6) is -1.02. The second-order valence-corrected chi connectivity index (χ2v) is 12.7. The summed E-state index contributed by atoms with van der Waals surface area (Å²) in [5, 5.41) is 0. The van der Waals surface area contributed by atoms with Gasteiger partial charge in [-0.25, -0.2) is 4.57 Å². The Bertz CT molecular complexity index is 769. The first-order valence-electron chi connectivity index (χ1n) is 14.5. The van der Waals surface area contributed by atoms with Crippen LogP contribution in [0.1, 0.15) is 90.9 Å². The molecule has 1 aliphatic heterocycles. The monoisotopic (exact) mass is 578 g/mol. The Morgan fingerprint density at radius 1 is 0.974 bits per heavy atom. The first-order chi connectivity index (χ1) is 18.4. The third-order valence-electron chi connectivity index (χ3n) is 6.28. The molecule has 1 heterocycles. The zero-order chi connectivity index (χ0) is 29.2. The van der Waals surface area contributed by atoms with Crippen LogP contribution in [0.5, 0.6) is 0 Å². The zero-order valence-corrected chi connectivity index (χ0v) is 25.7. The molecule has 0 aromatic carbocycles. The Kier molecular flexibility index (Phi) is 18.1. The number of quaternary nitrogens is 1. The van der Waals surface area contributed by atoms with Gasteiger partial charge in [-0.15, -0.1) is 0 Å². The third kappa shape index (κ3) is 21.2. The van der Waals surface area contributed by atoms with Gasteiger partial charge in [-0.3, -0.25) is 18.6 Å². The van der Waals surface area contributed by atoms with E-state index in [1.807, 2.05) is 21.1 Å². The lowest BCUT2D eigenvalue weighted by Crippen LogP contribution is -2.37. The minimum Gasteiger partial charge on any atom is -0.462 e. The van der Waals surface area contributed by atoms with Crippen molar-refractivity contribution in [1.82, 2.24) is 0 Å². The maximum atomic E-state index is 12.3. The van der Waals surface area contributed by atoms with Crippen molar-refractivity contribution in [2.45, 2.75) is 109 Å². The van der Waals surface area contributed by atoms with Gasteiger partial charge in [0.1, 0.15) is 19.8 Å². The van der Waals surface area contributed by atoms with Crippen molar-refractivity contribution in [3.05, 3.63) is 12.2 Å². The van der Waals surface area contributed by atoms with Crippen LogP contribution in [-0.4, -0.2) is 87.1 Å². The fourth-order valence-electron chi connectivity index (χ4n) is 3.86. The number of ether oxygens (including phenoxy) is 3. The molecule has 0 bridgehead atoms. The Morgan fingerprint density at radius 2 is 1.69 bits per heavy atom. The van der Waals surface area contributed by atoms with Crippen LogP contribution >= 0.6 is 7.82 Å². The van der Waals surface area contributed by atoms with E-state index in [0.29, 0.717) is 29.7 Å².